The zero-order valence-electron chi connectivity index (χ0n) is 12.0. The molecule has 0 radical (unpaired) electrons. The van der Waals surface area contributed by atoms with Crippen LogP contribution in [-0.2, 0) is 11.0 Å². The maximum atomic E-state index is 12.7. The van der Waals surface area contributed by atoms with E-state index < -0.39 is 35.9 Å². The van der Waals surface area contributed by atoms with Gasteiger partial charge in [-0.25, -0.2) is 13.6 Å². The summed E-state index contributed by atoms with van der Waals surface area (Å²) < 4.78 is 62.7. The number of amides is 2. The lowest BCUT2D eigenvalue weighted by molar-refractivity contribution is -0.138. The number of hydrogen-bond donors (Lipinski definition) is 3. The Morgan fingerprint density at radius 2 is 1.92 bits per heavy atom. The van der Waals surface area contributed by atoms with Crippen LogP contribution in [0.15, 0.2) is 23.1 Å². The van der Waals surface area contributed by atoms with Gasteiger partial charge >= 0.3 is 18.2 Å². The molecule has 134 valence electrons. The van der Waals surface area contributed by atoms with Gasteiger partial charge in [0.1, 0.15) is 0 Å². The number of halogens is 5. The number of rotatable bonds is 7. The Hall–Kier alpha value is -2.04. The first kappa shape index (κ1) is 20.0. The molecular formula is C13H13F5N2O3S. The van der Waals surface area contributed by atoms with Crippen molar-refractivity contribution in [2.45, 2.75) is 23.9 Å². The van der Waals surface area contributed by atoms with E-state index in [2.05, 4.69) is 10.6 Å². The number of anilines is 1. The number of urea groups is 1. The molecule has 0 bridgehead atoms. The summed E-state index contributed by atoms with van der Waals surface area (Å²) in [5, 5.41) is 12.7. The summed E-state index contributed by atoms with van der Waals surface area (Å²) in [5.74, 6) is -1.82. The Bertz CT molecular complexity index is 595. The van der Waals surface area contributed by atoms with E-state index in [9.17, 15) is 31.5 Å². The summed E-state index contributed by atoms with van der Waals surface area (Å²) in [5.41, 5.74) is -1.34. The molecule has 0 heterocycles. The Morgan fingerprint density at radius 1 is 1.25 bits per heavy atom. The molecule has 5 nitrogen and oxygen atoms in total. The maximum Gasteiger partial charge on any atom is 0.416 e. The van der Waals surface area contributed by atoms with Crippen LogP contribution in [0.5, 0.6) is 0 Å². The number of benzene rings is 1. The number of aliphatic carboxylic acids is 1. The first-order chi connectivity index (χ1) is 11.1. The van der Waals surface area contributed by atoms with E-state index in [0.717, 1.165) is 12.1 Å². The van der Waals surface area contributed by atoms with Crippen molar-refractivity contribution in [1.82, 2.24) is 5.32 Å². The molecule has 0 saturated carbocycles. The molecule has 0 saturated heterocycles. The minimum absolute atomic E-state index is 0.0386. The van der Waals surface area contributed by atoms with E-state index in [4.69, 9.17) is 5.11 Å². The summed E-state index contributed by atoms with van der Waals surface area (Å²) >= 11 is 0.591. The van der Waals surface area contributed by atoms with Crippen molar-refractivity contribution < 1.29 is 36.6 Å². The molecule has 11 heteroatoms. The largest absolute Gasteiger partial charge is 0.481 e. The van der Waals surface area contributed by atoms with Crippen molar-refractivity contribution in [3.8, 4) is 0 Å². The Labute approximate surface area is 137 Å². The SMILES string of the molecule is O=C(O)CCNC(=O)Nc1cc(C(F)(F)F)ccc1SCC(F)F. The van der Waals surface area contributed by atoms with Gasteiger partial charge in [0.05, 0.1) is 23.4 Å². The summed E-state index contributed by atoms with van der Waals surface area (Å²) in [7, 11) is 0. The van der Waals surface area contributed by atoms with Gasteiger partial charge in [-0.05, 0) is 18.2 Å². The molecule has 0 spiro atoms. The van der Waals surface area contributed by atoms with Crippen molar-refractivity contribution in [3.63, 3.8) is 0 Å². The van der Waals surface area contributed by atoms with Crippen LogP contribution in [0.4, 0.5) is 32.4 Å². The number of carbonyl (C=O) groups is 2. The quantitative estimate of drug-likeness (QED) is 0.504. The van der Waals surface area contributed by atoms with Crippen molar-refractivity contribution in [2.24, 2.45) is 0 Å². The lowest BCUT2D eigenvalue weighted by Crippen LogP contribution is -2.30. The number of hydrogen-bond acceptors (Lipinski definition) is 3. The van der Waals surface area contributed by atoms with Crippen LogP contribution < -0.4 is 10.6 Å². The second-order valence-electron chi connectivity index (χ2n) is 4.44. The number of alkyl halides is 5. The smallest absolute Gasteiger partial charge is 0.416 e. The minimum atomic E-state index is -4.66. The van der Waals surface area contributed by atoms with Gasteiger partial charge in [0, 0.05) is 11.4 Å². The Balaban J connectivity index is 2.89. The van der Waals surface area contributed by atoms with Crippen molar-refractivity contribution >= 4 is 29.4 Å². The third kappa shape index (κ3) is 7.02. The molecule has 1 aromatic rings. The standard InChI is InChI=1S/C13H13F5N2O3S/c14-10(15)6-24-9-2-1-7(13(16,17)18)5-8(9)20-12(23)19-4-3-11(21)22/h1-2,5,10H,3-4,6H2,(H,21,22)(H2,19,20,23). The van der Waals surface area contributed by atoms with Crippen LogP contribution in [0.2, 0.25) is 0 Å². The molecule has 2 amide bonds. The van der Waals surface area contributed by atoms with Gasteiger partial charge in [-0.2, -0.15) is 13.2 Å². The highest BCUT2D eigenvalue weighted by Crippen LogP contribution is 2.36. The van der Waals surface area contributed by atoms with Crippen LogP contribution in [0, 0.1) is 0 Å². The second kappa shape index (κ2) is 8.71. The van der Waals surface area contributed by atoms with E-state index in [1.165, 1.54) is 0 Å². The lowest BCUT2D eigenvalue weighted by Gasteiger charge is -2.14. The van der Waals surface area contributed by atoms with Crippen LogP contribution in [0.3, 0.4) is 0 Å². The maximum absolute atomic E-state index is 12.7. The van der Waals surface area contributed by atoms with E-state index in [1.54, 1.807) is 0 Å². The summed E-state index contributed by atoms with van der Waals surface area (Å²) in [4.78, 5) is 22.0. The molecule has 0 aliphatic heterocycles. The van der Waals surface area contributed by atoms with E-state index in [-0.39, 0.29) is 23.5 Å². The fourth-order valence-corrected chi connectivity index (χ4v) is 2.27. The van der Waals surface area contributed by atoms with Crippen molar-refractivity contribution in [2.75, 3.05) is 17.6 Å². The first-order valence-electron chi connectivity index (χ1n) is 6.48. The van der Waals surface area contributed by atoms with Crippen molar-refractivity contribution in [1.29, 1.82) is 0 Å². The number of carboxylic acid groups (broad SMARTS) is 1. The Kier molecular flexibility index (Phi) is 7.26. The predicted octanol–water partition coefficient (Wildman–Crippen LogP) is 3.66. The number of nitrogens with one attached hydrogen (secondary N) is 2. The molecule has 0 atom stereocenters. The van der Waals surface area contributed by atoms with Gasteiger partial charge in [-0.3, -0.25) is 4.79 Å². The molecule has 24 heavy (non-hydrogen) atoms. The van der Waals surface area contributed by atoms with E-state index >= 15 is 0 Å². The third-order valence-corrected chi connectivity index (χ3v) is 3.63. The molecule has 0 aliphatic rings. The second-order valence-corrected chi connectivity index (χ2v) is 5.50. The third-order valence-electron chi connectivity index (χ3n) is 2.54. The highest BCUT2D eigenvalue weighted by Gasteiger charge is 2.31. The first-order valence-corrected chi connectivity index (χ1v) is 7.47. The summed E-state index contributed by atoms with van der Waals surface area (Å²) in [6.07, 6.45) is -7.71. The molecular weight excluding hydrogens is 359 g/mol. The van der Waals surface area contributed by atoms with Gasteiger partial charge in [0.2, 0.25) is 6.43 Å². The average Bonchev–Trinajstić information content (AvgIpc) is 2.44. The molecule has 0 fully saturated rings. The number of thioether (sulfide) groups is 1. The topological polar surface area (TPSA) is 78.4 Å². The van der Waals surface area contributed by atoms with Crippen molar-refractivity contribution in [3.05, 3.63) is 23.8 Å². The van der Waals surface area contributed by atoms with Gasteiger partial charge in [0.25, 0.3) is 0 Å². The van der Waals surface area contributed by atoms with E-state index in [1.807, 2.05) is 0 Å². The fraction of sp³-hybridized carbons (Fsp3) is 0.385. The van der Waals surface area contributed by atoms with Gasteiger partial charge in [0.15, 0.2) is 0 Å². The van der Waals surface area contributed by atoms with Gasteiger partial charge < -0.3 is 15.7 Å². The van der Waals surface area contributed by atoms with Gasteiger partial charge in [-0.15, -0.1) is 11.8 Å². The Morgan fingerprint density at radius 3 is 2.46 bits per heavy atom. The molecule has 3 N–H and O–H groups in total. The van der Waals surface area contributed by atoms with E-state index in [0.29, 0.717) is 17.8 Å². The van der Waals surface area contributed by atoms with Crippen LogP contribution >= 0.6 is 11.8 Å². The molecule has 1 rings (SSSR count). The molecule has 0 unspecified atom stereocenters. The van der Waals surface area contributed by atoms with Crippen LogP contribution in [0.25, 0.3) is 0 Å². The lowest BCUT2D eigenvalue weighted by atomic mass is 10.2. The molecule has 0 aliphatic carbocycles. The van der Waals surface area contributed by atoms with Gasteiger partial charge in [-0.1, -0.05) is 0 Å². The number of carbonyl (C=O) groups excluding carboxylic acids is 1. The summed E-state index contributed by atoms with van der Waals surface area (Å²) in [6.45, 7) is -0.236. The number of carboxylic acids is 1. The zero-order valence-corrected chi connectivity index (χ0v) is 12.8. The highest BCUT2D eigenvalue weighted by molar-refractivity contribution is 7.99. The summed E-state index contributed by atoms with van der Waals surface area (Å²) in [6, 6.07) is 1.41. The minimum Gasteiger partial charge on any atom is -0.481 e. The van der Waals surface area contributed by atoms with Crippen LogP contribution in [0.1, 0.15) is 12.0 Å². The zero-order chi connectivity index (χ0) is 18.3. The predicted molar refractivity (Wildman–Crippen MR) is 77.4 cm³/mol. The average molecular weight is 372 g/mol. The van der Waals surface area contributed by atoms with Crippen LogP contribution in [-0.4, -0.2) is 35.8 Å². The normalized spacial score (nSPS) is 11.4. The highest BCUT2D eigenvalue weighted by atomic mass is 32.2. The molecule has 0 aromatic heterocycles. The fourth-order valence-electron chi connectivity index (χ4n) is 1.53. The monoisotopic (exact) mass is 372 g/mol. The molecule has 1 aromatic carbocycles.